The first-order valence-corrected chi connectivity index (χ1v) is 27.5. The number of Topliss-reactive ketones (excluding diaryl/α,β-unsaturated/α-hetero) is 2. The van der Waals surface area contributed by atoms with Crippen LogP contribution in [0, 0.1) is 0 Å². The second kappa shape index (κ2) is 14.2. The SMILES string of the molecule is O=C1c2cc3c(cc2C24c5ccccc5C2c2ccccc2C14)c1cc(N(c2ccc(-c4ccccc4)cc2)c2ccc(-c4ccccc4)cc2)cc2c4cc5c(cc4n3c12)C(=O)C1c2ccccc2C2c3ccccc3C512. The fourth-order valence-electron chi connectivity index (χ4n) is 17.0. The highest BCUT2D eigenvalue weighted by Gasteiger charge is 2.70. The summed E-state index contributed by atoms with van der Waals surface area (Å²) in [6.07, 6.45) is 0. The highest BCUT2D eigenvalue weighted by molar-refractivity contribution is 6.27. The molecule has 362 valence electrons. The van der Waals surface area contributed by atoms with E-state index in [-0.39, 0.29) is 35.2 Å². The van der Waals surface area contributed by atoms with Gasteiger partial charge in [0.2, 0.25) is 0 Å². The van der Waals surface area contributed by atoms with Crippen molar-refractivity contribution in [1.82, 2.24) is 4.40 Å². The van der Waals surface area contributed by atoms with Gasteiger partial charge in [0.25, 0.3) is 0 Å². The Morgan fingerprint density at radius 3 is 1.09 bits per heavy atom. The van der Waals surface area contributed by atoms with Crippen LogP contribution in [-0.2, 0) is 10.8 Å². The van der Waals surface area contributed by atoms with Gasteiger partial charge in [0.05, 0.1) is 28.4 Å². The molecular formula is C74H44N2O2. The van der Waals surface area contributed by atoms with Gasteiger partial charge < -0.3 is 9.30 Å². The van der Waals surface area contributed by atoms with Crippen molar-refractivity contribution in [3.8, 4) is 22.3 Å². The summed E-state index contributed by atoms with van der Waals surface area (Å²) in [7, 11) is 0. The lowest BCUT2D eigenvalue weighted by atomic mass is 9.52. The molecule has 78 heavy (non-hydrogen) atoms. The number of hydrogen-bond donors (Lipinski definition) is 0. The van der Waals surface area contributed by atoms with Gasteiger partial charge in [0.1, 0.15) is 0 Å². The zero-order valence-electron chi connectivity index (χ0n) is 42.1. The quantitative estimate of drug-likeness (QED) is 0.173. The van der Waals surface area contributed by atoms with E-state index in [0.29, 0.717) is 0 Å². The molecule has 2 heterocycles. The van der Waals surface area contributed by atoms with E-state index in [2.05, 4.69) is 252 Å². The number of carbonyl (C=O) groups is 2. The molecule has 0 fully saturated rings. The van der Waals surface area contributed by atoms with E-state index in [1.165, 1.54) is 44.5 Å². The van der Waals surface area contributed by atoms with Crippen LogP contribution in [0.2, 0.25) is 0 Å². The Hall–Kier alpha value is -9.64. The average molecular weight is 993 g/mol. The van der Waals surface area contributed by atoms with E-state index < -0.39 is 10.8 Å². The minimum absolute atomic E-state index is 0.0943. The molecule has 0 amide bonds. The highest BCUT2D eigenvalue weighted by Crippen LogP contribution is 2.75. The first kappa shape index (κ1) is 41.6. The molecule has 2 spiro atoms. The zero-order valence-corrected chi connectivity index (χ0v) is 42.1. The normalized spacial score (nSPS) is 22.0. The lowest BCUT2D eigenvalue weighted by Gasteiger charge is -2.48. The number of aromatic nitrogens is 1. The van der Waals surface area contributed by atoms with Gasteiger partial charge in [-0.25, -0.2) is 0 Å². The van der Waals surface area contributed by atoms with Crippen molar-refractivity contribution in [2.75, 3.05) is 4.90 Å². The van der Waals surface area contributed by atoms with Crippen LogP contribution < -0.4 is 4.90 Å². The minimum atomic E-state index is -0.485. The Balaban J connectivity index is 0.906. The summed E-state index contributed by atoms with van der Waals surface area (Å²) in [4.78, 5) is 33.5. The van der Waals surface area contributed by atoms with Crippen molar-refractivity contribution in [3.63, 3.8) is 0 Å². The molecule has 0 aliphatic heterocycles. The maximum atomic E-state index is 15.6. The van der Waals surface area contributed by atoms with Gasteiger partial charge in [-0.3, -0.25) is 9.59 Å². The van der Waals surface area contributed by atoms with Gasteiger partial charge in [-0.15, -0.1) is 0 Å². The van der Waals surface area contributed by atoms with Crippen molar-refractivity contribution >= 4 is 66.7 Å². The zero-order chi connectivity index (χ0) is 50.9. The van der Waals surface area contributed by atoms with Crippen molar-refractivity contribution in [3.05, 3.63) is 309 Å². The Morgan fingerprint density at radius 2 is 0.667 bits per heavy atom. The standard InChI is InChI=1S/C74H44N2O2/c77-71-58-39-64-54(37-62(58)73-60-25-13-11-23-52(60)66(73)48-19-7-9-21-50(48)68(71)73)56-35-47(75(45-31-27-43(28-32-45)41-15-3-1-4-16-41)46-33-29-44(30-34-46)42-17-5-2-6-18-42)36-57-55-38-63-59(40-65(55)76(64)70(56)57)72(78)69-51-22-10-8-20-49(51)67-53-24-12-14-26-61(53)74(63,67)69/h1-40,66-69H. The van der Waals surface area contributed by atoms with E-state index in [0.717, 1.165) is 99.7 Å². The van der Waals surface area contributed by atoms with Crippen LogP contribution in [0.25, 0.3) is 60.3 Å². The number of benzene rings is 11. The third kappa shape index (κ3) is 4.67. The molecule has 6 aliphatic rings. The largest absolute Gasteiger partial charge is 0.310 e. The lowest BCUT2D eigenvalue weighted by Crippen LogP contribution is -2.43. The summed E-state index contributed by atoms with van der Waals surface area (Å²) in [6, 6.07) is 88.3. The fourth-order valence-corrected chi connectivity index (χ4v) is 17.0. The van der Waals surface area contributed by atoms with Crippen molar-refractivity contribution < 1.29 is 9.59 Å². The van der Waals surface area contributed by atoms with Crippen LogP contribution in [0.3, 0.4) is 0 Å². The van der Waals surface area contributed by atoms with Gasteiger partial charge in [-0.2, -0.15) is 0 Å². The summed E-state index contributed by atoms with van der Waals surface area (Å²) in [5.74, 6) is -0.0163. The highest BCUT2D eigenvalue weighted by atomic mass is 16.1. The summed E-state index contributed by atoms with van der Waals surface area (Å²) in [6.45, 7) is 0. The predicted molar refractivity (Wildman–Crippen MR) is 312 cm³/mol. The molecule has 6 atom stereocenters. The number of ketones is 2. The maximum Gasteiger partial charge on any atom is 0.171 e. The molecular weight excluding hydrogens is 949 g/mol. The van der Waals surface area contributed by atoms with E-state index in [9.17, 15) is 0 Å². The fraction of sp³-hybridized carbons (Fsp3) is 0.0811. The van der Waals surface area contributed by atoms with Crippen LogP contribution in [0.4, 0.5) is 17.1 Å². The second-order valence-corrected chi connectivity index (χ2v) is 22.8. The molecule has 6 aliphatic carbocycles. The van der Waals surface area contributed by atoms with E-state index in [1.807, 2.05) is 0 Å². The molecule has 0 N–H and O–H groups in total. The molecule has 0 bridgehead atoms. The summed E-state index contributed by atoms with van der Waals surface area (Å²) in [5.41, 5.74) is 23.8. The number of nitrogens with zero attached hydrogens (tertiary/aromatic N) is 2. The molecule has 0 radical (unpaired) electrons. The maximum absolute atomic E-state index is 15.6. The number of hydrogen-bond acceptors (Lipinski definition) is 3. The Morgan fingerprint density at radius 1 is 0.308 bits per heavy atom. The van der Waals surface area contributed by atoms with Gasteiger partial charge in [-0.05, 0) is 139 Å². The van der Waals surface area contributed by atoms with Crippen LogP contribution >= 0.6 is 0 Å². The van der Waals surface area contributed by atoms with Gasteiger partial charge in [0, 0.05) is 72.4 Å². The first-order valence-electron chi connectivity index (χ1n) is 27.5. The van der Waals surface area contributed by atoms with Crippen molar-refractivity contribution in [2.45, 2.75) is 34.5 Å². The topological polar surface area (TPSA) is 41.8 Å². The first-order chi connectivity index (χ1) is 38.5. The number of rotatable bonds is 5. The summed E-state index contributed by atoms with van der Waals surface area (Å²) in [5, 5.41) is 4.47. The monoisotopic (exact) mass is 992 g/mol. The lowest BCUT2D eigenvalue weighted by molar-refractivity contribution is 0.0941. The van der Waals surface area contributed by atoms with E-state index >= 15 is 9.59 Å². The smallest absolute Gasteiger partial charge is 0.171 e. The van der Waals surface area contributed by atoms with Crippen LogP contribution in [0.1, 0.15) is 100 Å². The van der Waals surface area contributed by atoms with Crippen LogP contribution in [0.5, 0.6) is 0 Å². The van der Waals surface area contributed by atoms with E-state index in [4.69, 9.17) is 0 Å². The molecule has 0 saturated carbocycles. The molecule has 6 unspecified atom stereocenters. The van der Waals surface area contributed by atoms with Gasteiger partial charge in [-0.1, -0.05) is 182 Å². The molecule has 2 aromatic heterocycles. The molecule has 4 nitrogen and oxygen atoms in total. The predicted octanol–water partition coefficient (Wildman–Crippen LogP) is 17.1. The summed E-state index contributed by atoms with van der Waals surface area (Å²) >= 11 is 0. The number of fused-ring (bicyclic) bond motifs is 18. The molecule has 11 aromatic carbocycles. The van der Waals surface area contributed by atoms with Gasteiger partial charge in [0.15, 0.2) is 11.6 Å². The number of anilines is 3. The minimum Gasteiger partial charge on any atom is -0.310 e. The van der Waals surface area contributed by atoms with Crippen molar-refractivity contribution in [1.29, 1.82) is 0 Å². The van der Waals surface area contributed by atoms with Crippen molar-refractivity contribution in [2.24, 2.45) is 0 Å². The molecule has 19 rings (SSSR count). The third-order valence-corrected chi connectivity index (χ3v) is 19.8. The van der Waals surface area contributed by atoms with Crippen LogP contribution in [-0.4, -0.2) is 16.0 Å². The van der Waals surface area contributed by atoms with Crippen LogP contribution in [0.15, 0.2) is 243 Å². The second-order valence-electron chi connectivity index (χ2n) is 22.8. The average Bonchev–Trinajstić information content (AvgIpc) is 4.17. The Labute approximate surface area is 449 Å². The third-order valence-electron chi connectivity index (χ3n) is 19.8. The van der Waals surface area contributed by atoms with Gasteiger partial charge >= 0.3 is 0 Å². The Kier molecular flexibility index (Phi) is 7.59. The summed E-state index contributed by atoms with van der Waals surface area (Å²) < 4.78 is 2.41. The number of carbonyl (C=O) groups excluding carboxylic acids is 2. The molecule has 0 saturated heterocycles. The molecule has 13 aromatic rings. The molecule has 4 heteroatoms. The van der Waals surface area contributed by atoms with E-state index in [1.54, 1.807) is 0 Å². The Bertz CT molecular complexity index is 4560.